The van der Waals surface area contributed by atoms with Crippen LogP contribution in [-0.2, 0) is 30.0 Å². The lowest BCUT2D eigenvalue weighted by Gasteiger charge is -2.32. The SMILES string of the molecule is COC(=O)[C@H](Cc1ccccc1B1OC(C)(C)C(C)(C)O1)NC(=O)OC(C)(C)C. The van der Waals surface area contributed by atoms with Crippen molar-refractivity contribution < 1.29 is 28.4 Å². The van der Waals surface area contributed by atoms with Crippen LogP contribution < -0.4 is 10.8 Å². The molecule has 0 aliphatic carbocycles. The van der Waals surface area contributed by atoms with E-state index in [1.165, 1.54) is 7.11 Å². The minimum absolute atomic E-state index is 0.214. The summed E-state index contributed by atoms with van der Waals surface area (Å²) < 4.78 is 22.5. The van der Waals surface area contributed by atoms with Crippen molar-refractivity contribution in [2.24, 2.45) is 0 Å². The summed E-state index contributed by atoms with van der Waals surface area (Å²) in [5, 5.41) is 2.61. The average molecular weight is 405 g/mol. The van der Waals surface area contributed by atoms with Crippen LogP contribution in [0.15, 0.2) is 24.3 Å². The number of alkyl carbamates (subject to hydrolysis) is 1. The van der Waals surface area contributed by atoms with Crippen LogP contribution >= 0.6 is 0 Å². The molecular formula is C21H32BNO6. The molecule has 1 aromatic rings. The second-order valence-electron chi connectivity index (χ2n) is 9.21. The molecule has 1 heterocycles. The Balaban J connectivity index is 2.25. The van der Waals surface area contributed by atoms with Crippen LogP contribution in [0.3, 0.4) is 0 Å². The molecule has 0 bridgehead atoms. The van der Waals surface area contributed by atoms with E-state index in [-0.39, 0.29) is 6.42 Å². The van der Waals surface area contributed by atoms with E-state index in [0.29, 0.717) is 0 Å². The van der Waals surface area contributed by atoms with Crippen LogP contribution in [-0.4, -0.2) is 49.1 Å². The molecule has 7 nitrogen and oxygen atoms in total. The molecule has 1 aliphatic rings. The molecule has 0 radical (unpaired) electrons. The molecule has 0 spiro atoms. The third-order valence-corrected chi connectivity index (χ3v) is 5.16. The lowest BCUT2D eigenvalue weighted by Crippen LogP contribution is -2.47. The first kappa shape index (κ1) is 23.2. The van der Waals surface area contributed by atoms with Crippen LogP contribution in [0.4, 0.5) is 4.79 Å². The Kier molecular flexibility index (Phi) is 6.70. The van der Waals surface area contributed by atoms with E-state index in [1.807, 2.05) is 52.0 Å². The third kappa shape index (κ3) is 5.73. The molecule has 8 heteroatoms. The zero-order chi connectivity index (χ0) is 22.0. The molecule has 2 rings (SSSR count). The number of hydrogen-bond acceptors (Lipinski definition) is 6. The molecule has 1 aromatic carbocycles. The molecule has 1 saturated heterocycles. The van der Waals surface area contributed by atoms with Crippen LogP contribution in [0.25, 0.3) is 0 Å². The van der Waals surface area contributed by atoms with Gasteiger partial charge in [-0.25, -0.2) is 9.59 Å². The number of rotatable bonds is 5. The number of benzene rings is 1. The maximum Gasteiger partial charge on any atom is 0.495 e. The summed E-state index contributed by atoms with van der Waals surface area (Å²) in [6, 6.07) is 6.63. The lowest BCUT2D eigenvalue weighted by molar-refractivity contribution is -0.143. The summed E-state index contributed by atoms with van der Waals surface area (Å²) in [4.78, 5) is 24.5. The van der Waals surface area contributed by atoms with E-state index in [1.54, 1.807) is 20.8 Å². The van der Waals surface area contributed by atoms with E-state index < -0.39 is 42.0 Å². The monoisotopic (exact) mass is 405 g/mol. The minimum atomic E-state index is -0.904. The number of carbonyl (C=O) groups is 2. The molecule has 160 valence electrons. The highest BCUT2D eigenvalue weighted by molar-refractivity contribution is 6.62. The van der Waals surface area contributed by atoms with Crippen molar-refractivity contribution in [1.29, 1.82) is 0 Å². The van der Waals surface area contributed by atoms with Gasteiger partial charge in [0, 0.05) is 6.42 Å². The molecule has 29 heavy (non-hydrogen) atoms. The number of methoxy groups -OCH3 is 1. The molecule has 1 N–H and O–H groups in total. The topological polar surface area (TPSA) is 83.1 Å². The van der Waals surface area contributed by atoms with Crippen molar-refractivity contribution in [3.63, 3.8) is 0 Å². The Morgan fingerprint density at radius 2 is 1.66 bits per heavy atom. The maximum absolute atomic E-state index is 12.3. The van der Waals surface area contributed by atoms with Crippen LogP contribution in [0, 0.1) is 0 Å². The minimum Gasteiger partial charge on any atom is -0.467 e. The number of amides is 1. The van der Waals surface area contributed by atoms with Crippen molar-refractivity contribution in [1.82, 2.24) is 5.32 Å². The highest BCUT2D eigenvalue weighted by Crippen LogP contribution is 2.36. The molecule has 1 atom stereocenters. The fourth-order valence-electron chi connectivity index (χ4n) is 2.93. The summed E-state index contributed by atoms with van der Waals surface area (Å²) in [6.45, 7) is 13.2. The molecule has 1 fully saturated rings. The fourth-order valence-corrected chi connectivity index (χ4v) is 2.93. The highest BCUT2D eigenvalue weighted by atomic mass is 16.7. The van der Waals surface area contributed by atoms with Crippen LogP contribution in [0.1, 0.15) is 54.0 Å². The molecule has 0 aromatic heterocycles. The maximum atomic E-state index is 12.3. The first-order valence-corrected chi connectivity index (χ1v) is 9.76. The molecule has 0 unspecified atom stereocenters. The molecule has 1 aliphatic heterocycles. The van der Waals surface area contributed by atoms with Crippen molar-refractivity contribution in [2.45, 2.75) is 77.7 Å². The summed E-state index contributed by atoms with van der Waals surface area (Å²) in [5.74, 6) is -0.556. The molecular weight excluding hydrogens is 373 g/mol. The standard InChI is InChI=1S/C21H32BNO6/c1-19(2,3)27-18(25)23-16(17(24)26-8)13-14-11-9-10-12-15(14)22-28-20(4,5)21(6,7)29-22/h9-12,16H,13H2,1-8H3,(H,23,25)/t16-/m0/s1. The zero-order valence-corrected chi connectivity index (χ0v) is 18.6. The number of ether oxygens (including phenoxy) is 2. The summed E-state index contributed by atoms with van der Waals surface area (Å²) >= 11 is 0. The second-order valence-corrected chi connectivity index (χ2v) is 9.21. The normalized spacial score (nSPS) is 18.8. The molecule has 0 saturated carbocycles. The lowest BCUT2D eigenvalue weighted by atomic mass is 9.74. The van der Waals surface area contributed by atoms with Crippen molar-refractivity contribution in [3.05, 3.63) is 29.8 Å². The van der Waals surface area contributed by atoms with Gasteiger partial charge in [0.15, 0.2) is 0 Å². The van der Waals surface area contributed by atoms with Gasteiger partial charge in [-0.1, -0.05) is 24.3 Å². The first-order chi connectivity index (χ1) is 13.3. The highest BCUT2D eigenvalue weighted by Gasteiger charge is 2.52. The van der Waals surface area contributed by atoms with E-state index >= 15 is 0 Å². The van der Waals surface area contributed by atoms with Gasteiger partial charge < -0.3 is 24.1 Å². The Morgan fingerprint density at radius 1 is 1.10 bits per heavy atom. The van der Waals surface area contributed by atoms with Gasteiger partial charge in [0.1, 0.15) is 11.6 Å². The van der Waals surface area contributed by atoms with E-state index in [2.05, 4.69) is 5.32 Å². The Hall–Kier alpha value is -2.06. The quantitative estimate of drug-likeness (QED) is 0.599. The third-order valence-electron chi connectivity index (χ3n) is 5.16. The number of esters is 1. The second kappa shape index (κ2) is 8.36. The fraction of sp³-hybridized carbons (Fsp3) is 0.619. The number of nitrogens with one attached hydrogen (secondary N) is 1. The van der Waals surface area contributed by atoms with Crippen molar-refractivity contribution >= 4 is 24.6 Å². The van der Waals surface area contributed by atoms with Gasteiger partial charge in [0.05, 0.1) is 18.3 Å². The summed E-state index contributed by atoms with van der Waals surface area (Å²) in [5.41, 5.74) is -0.0167. The zero-order valence-electron chi connectivity index (χ0n) is 18.6. The van der Waals surface area contributed by atoms with Crippen LogP contribution in [0.2, 0.25) is 0 Å². The largest absolute Gasteiger partial charge is 0.495 e. The van der Waals surface area contributed by atoms with Gasteiger partial charge in [-0.2, -0.15) is 0 Å². The predicted octanol–water partition coefficient (Wildman–Crippen LogP) is 2.59. The Morgan fingerprint density at radius 3 is 2.17 bits per heavy atom. The van der Waals surface area contributed by atoms with Gasteiger partial charge in [0.25, 0.3) is 0 Å². The summed E-state index contributed by atoms with van der Waals surface area (Å²) in [7, 11) is 0.711. The number of hydrogen-bond donors (Lipinski definition) is 1. The van der Waals surface area contributed by atoms with Gasteiger partial charge in [-0.3, -0.25) is 0 Å². The number of carbonyl (C=O) groups excluding carboxylic acids is 2. The average Bonchev–Trinajstić information content (AvgIpc) is 2.80. The van der Waals surface area contributed by atoms with Crippen LogP contribution in [0.5, 0.6) is 0 Å². The van der Waals surface area contributed by atoms with E-state index in [0.717, 1.165) is 11.0 Å². The van der Waals surface area contributed by atoms with Gasteiger partial charge >= 0.3 is 19.2 Å². The smallest absolute Gasteiger partial charge is 0.467 e. The van der Waals surface area contributed by atoms with Crippen molar-refractivity contribution in [2.75, 3.05) is 7.11 Å². The first-order valence-electron chi connectivity index (χ1n) is 9.76. The summed E-state index contributed by atoms with van der Waals surface area (Å²) in [6.07, 6.45) is -0.465. The Bertz CT molecular complexity index is 740. The van der Waals surface area contributed by atoms with E-state index in [4.69, 9.17) is 18.8 Å². The van der Waals surface area contributed by atoms with Crippen molar-refractivity contribution in [3.8, 4) is 0 Å². The Labute approximate surface area is 173 Å². The van der Waals surface area contributed by atoms with Gasteiger partial charge in [-0.05, 0) is 59.5 Å². The van der Waals surface area contributed by atoms with E-state index in [9.17, 15) is 9.59 Å². The molecule has 1 amide bonds. The predicted molar refractivity (Wildman–Crippen MR) is 111 cm³/mol. The van der Waals surface area contributed by atoms with Gasteiger partial charge in [-0.15, -0.1) is 0 Å². The van der Waals surface area contributed by atoms with Gasteiger partial charge in [0.2, 0.25) is 0 Å².